The number of nitrogens with two attached hydrogens (primary N) is 1. The molecule has 1 aliphatic heterocycles. The van der Waals surface area contributed by atoms with Crippen LogP contribution in [0.5, 0.6) is 0 Å². The Hall–Kier alpha value is -2.11. The Morgan fingerprint density at radius 1 is 1.44 bits per heavy atom. The second-order valence-electron chi connectivity index (χ2n) is 7.82. The molecule has 0 radical (unpaired) electrons. The molecule has 5 N–H and O–H groups in total. The zero-order valence-electron chi connectivity index (χ0n) is 17.5. The van der Waals surface area contributed by atoms with E-state index in [9.17, 15) is 9.90 Å². The number of nitrogens with zero attached hydrogens (tertiary/aromatic N) is 3. The lowest BCUT2D eigenvalue weighted by Gasteiger charge is -2.28. The van der Waals surface area contributed by atoms with E-state index in [2.05, 4.69) is 20.7 Å². The Bertz CT molecular complexity index is 1190. The van der Waals surface area contributed by atoms with Gasteiger partial charge in [-0.15, -0.1) is 11.3 Å². The van der Waals surface area contributed by atoms with Crippen LogP contribution in [-0.4, -0.2) is 45.6 Å². The van der Waals surface area contributed by atoms with Gasteiger partial charge in [-0.2, -0.15) is 4.83 Å². The van der Waals surface area contributed by atoms with Crippen molar-refractivity contribution in [3.8, 4) is 0 Å². The largest absolute Gasteiger partial charge is 0.395 e. The average Bonchev–Trinajstić information content (AvgIpc) is 3.40. The second kappa shape index (κ2) is 9.03. The number of likely N-dealkylation sites (N-methyl/N-ethyl adjacent to an activating group) is 1. The van der Waals surface area contributed by atoms with Gasteiger partial charge in [0.2, 0.25) is 5.91 Å². The molecule has 3 aromatic rings. The minimum absolute atomic E-state index is 0.0110. The first kappa shape index (κ1) is 21.7. The number of nitrogens with one attached hydrogen (secondary N) is 2. The molecular weight excluding hydrogens is 468 g/mol. The number of benzene rings is 1. The molecule has 1 aliphatic carbocycles. The quantitative estimate of drug-likeness (QED) is 0.310. The number of rotatable bonds is 6. The molecule has 168 valence electrons. The first-order valence-electron chi connectivity index (χ1n) is 10.6. The van der Waals surface area contributed by atoms with E-state index in [1.807, 2.05) is 23.9 Å². The van der Waals surface area contributed by atoms with Gasteiger partial charge in [0.15, 0.2) is 0 Å². The molecule has 32 heavy (non-hydrogen) atoms. The number of hydrogen-bond acceptors (Lipinski definition) is 8. The van der Waals surface area contributed by atoms with Crippen molar-refractivity contribution in [3.05, 3.63) is 33.9 Å². The maximum atomic E-state index is 12.9. The summed E-state index contributed by atoms with van der Waals surface area (Å²) in [4.78, 5) is 28.9. The van der Waals surface area contributed by atoms with Crippen molar-refractivity contribution in [1.82, 2.24) is 14.9 Å². The fourth-order valence-corrected chi connectivity index (χ4v) is 6.58. The summed E-state index contributed by atoms with van der Waals surface area (Å²) >= 11 is 9.79. The lowest BCUT2D eigenvalue weighted by molar-refractivity contribution is -0.438. The molecule has 3 heterocycles. The third kappa shape index (κ3) is 3.90. The van der Waals surface area contributed by atoms with Crippen molar-refractivity contribution in [2.45, 2.75) is 31.1 Å². The van der Waals surface area contributed by atoms with Crippen LogP contribution in [0, 0.1) is 5.92 Å². The smallest absolute Gasteiger partial charge is 0.226 e. The van der Waals surface area contributed by atoms with Crippen molar-refractivity contribution in [2.75, 3.05) is 30.4 Å². The fraction of sp³-hybridized carbons (Fsp3) is 0.381. The Balaban J connectivity index is 1.45. The van der Waals surface area contributed by atoms with Crippen LogP contribution in [0.25, 0.3) is 10.2 Å². The van der Waals surface area contributed by atoms with Crippen LogP contribution in [-0.2, 0) is 17.6 Å². The zero-order chi connectivity index (χ0) is 22.2. The number of fused-ring (bicyclic) bond motifs is 4. The summed E-state index contributed by atoms with van der Waals surface area (Å²) < 4.78 is 0. The number of quaternary nitrogens is 1. The van der Waals surface area contributed by atoms with Gasteiger partial charge in [-0.05, 0) is 43.9 Å². The summed E-state index contributed by atoms with van der Waals surface area (Å²) in [5.41, 5.74) is 6.23. The third-order valence-electron chi connectivity index (χ3n) is 5.98. The minimum atomic E-state index is -0.0571. The number of carbonyl (C=O) groups excluding carboxylic acids is 1. The standard InChI is InChI=1S/C21H23ClN6O2S2/c1-2-28(5-6-29)21(30)11-3-4-12-16(7-11)31-20-18(12)19(23-10-24-20)25-14-9-17-15(8-13(14)22)26-27-32-17/h8-11,26-27,29H,2-7H2,1H3,(H,23,24,25)/p+1/t11-/m0/s1. The number of thiophene rings is 1. The number of hydrogen-bond donors (Lipinski definition) is 4. The van der Waals surface area contributed by atoms with Crippen LogP contribution in [0.15, 0.2) is 23.4 Å². The van der Waals surface area contributed by atoms with Crippen molar-refractivity contribution >= 4 is 68.2 Å². The van der Waals surface area contributed by atoms with E-state index in [1.165, 1.54) is 10.4 Å². The molecule has 0 unspecified atom stereocenters. The van der Waals surface area contributed by atoms with Gasteiger partial charge in [-0.3, -0.25) is 4.79 Å². The number of amides is 1. The zero-order valence-corrected chi connectivity index (χ0v) is 19.9. The highest BCUT2D eigenvalue weighted by Gasteiger charge is 2.31. The van der Waals surface area contributed by atoms with Gasteiger partial charge in [0, 0.05) is 23.9 Å². The van der Waals surface area contributed by atoms with E-state index in [1.54, 1.807) is 34.5 Å². The molecule has 1 amide bonds. The third-order valence-corrected chi connectivity index (χ3v) is 8.28. The maximum Gasteiger partial charge on any atom is 0.226 e. The molecule has 0 saturated heterocycles. The highest BCUT2D eigenvalue weighted by Crippen LogP contribution is 2.42. The summed E-state index contributed by atoms with van der Waals surface area (Å²) in [5, 5.41) is 14.3. The minimum Gasteiger partial charge on any atom is -0.395 e. The molecule has 0 spiro atoms. The highest BCUT2D eigenvalue weighted by atomic mass is 35.5. The Kier molecular flexibility index (Phi) is 6.13. The van der Waals surface area contributed by atoms with Crippen molar-refractivity contribution in [3.63, 3.8) is 0 Å². The average molecular weight is 492 g/mol. The van der Waals surface area contributed by atoms with Gasteiger partial charge in [0.05, 0.1) is 27.6 Å². The first-order valence-corrected chi connectivity index (χ1v) is 12.7. The lowest BCUT2D eigenvalue weighted by atomic mass is 9.87. The van der Waals surface area contributed by atoms with Crippen molar-refractivity contribution < 1.29 is 14.7 Å². The molecule has 2 aliphatic rings. The predicted molar refractivity (Wildman–Crippen MR) is 128 cm³/mol. The summed E-state index contributed by atoms with van der Waals surface area (Å²) in [6.07, 6.45) is 3.86. The first-order chi connectivity index (χ1) is 15.6. The van der Waals surface area contributed by atoms with Crippen LogP contribution >= 0.6 is 34.9 Å². The van der Waals surface area contributed by atoms with Gasteiger partial charge in [0.1, 0.15) is 34.6 Å². The number of aliphatic hydroxyl groups is 1. The monoisotopic (exact) mass is 491 g/mol. The number of aliphatic hydroxyl groups excluding tert-OH is 1. The Morgan fingerprint density at radius 2 is 2.31 bits per heavy atom. The molecule has 2 aromatic heterocycles. The van der Waals surface area contributed by atoms with E-state index in [4.69, 9.17) is 11.6 Å². The van der Waals surface area contributed by atoms with Crippen molar-refractivity contribution in [2.24, 2.45) is 5.92 Å². The van der Waals surface area contributed by atoms with Crippen LogP contribution in [0.4, 0.5) is 17.2 Å². The summed E-state index contributed by atoms with van der Waals surface area (Å²) in [6, 6.07) is 3.94. The van der Waals surface area contributed by atoms with Crippen LogP contribution < -0.4 is 15.6 Å². The summed E-state index contributed by atoms with van der Waals surface area (Å²) in [5.74, 6) is 0.815. The van der Waals surface area contributed by atoms with Crippen LogP contribution in [0.2, 0.25) is 5.02 Å². The van der Waals surface area contributed by atoms with Crippen molar-refractivity contribution in [1.29, 1.82) is 0 Å². The van der Waals surface area contributed by atoms with E-state index < -0.39 is 0 Å². The van der Waals surface area contributed by atoms with E-state index in [0.717, 1.165) is 45.1 Å². The number of halogens is 1. The number of nitrogen functional groups attached to an aromatic ring is 1. The predicted octanol–water partition coefficient (Wildman–Crippen LogP) is 2.95. The van der Waals surface area contributed by atoms with Gasteiger partial charge in [0.25, 0.3) is 0 Å². The Morgan fingerprint density at radius 3 is 3.12 bits per heavy atom. The molecule has 1 aromatic carbocycles. The molecular formula is C21H24ClN6O2S2+. The number of aromatic nitrogens is 2. The number of carbonyl (C=O) groups is 1. The second-order valence-corrected chi connectivity index (χ2v) is 10.2. The molecule has 0 fully saturated rings. The normalized spacial score (nSPS) is 17.0. The molecule has 1 atom stereocenters. The van der Waals surface area contributed by atoms with E-state index in [0.29, 0.717) is 24.5 Å². The molecule has 11 heteroatoms. The van der Waals surface area contributed by atoms with Gasteiger partial charge < -0.3 is 15.3 Å². The van der Waals surface area contributed by atoms with Crippen LogP contribution in [0.3, 0.4) is 0 Å². The van der Waals surface area contributed by atoms with E-state index in [-0.39, 0.29) is 18.4 Å². The maximum absolute atomic E-state index is 12.9. The molecule has 0 saturated carbocycles. The van der Waals surface area contributed by atoms with Gasteiger partial charge in [-0.1, -0.05) is 11.6 Å². The number of aryl methyl sites for hydroxylation is 1. The molecule has 8 nitrogen and oxygen atoms in total. The molecule has 5 rings (SSSR count). The Labute approximate surface area is 198 Å². The lowest BCUT2D eigenvalue weighted by Crippen LogP contribution is -2.77. The molecule has 0 bridgehead atoms. The fourth-order valence-electron chi connectivity index (χ4n) is 4.36. The topological polar surface area (TPSA) is 107 Å². The SMILES string of the molecule is CCN(CCO)C(=O)[C@H]1CCc2c(sc3ncnc(Nc4cc5c(cc4Cl)N[NH2+]S5)c23)C1. The number of anilines is 3. The van der Waals surface area contributed by atoms with Gasteiger partial charge in [-0.25, -0.2) is 15.4 Å². The summed E-state index contributed by atoms with van der Waals surface area (Å²) in [6.45, 7) is 2.94. The van der Waals surface area contributed by atoms with Crippen LogP contribution in [0.1, 0.15) is 23.8 Å². The van der Waals surface area contributed by atoms with Gasteiger partial charge >= 0.3 is 0 Å². The summed E-state index contributed by atoms with van der Waals surface area (Å²) in [7, 11) is 0. The highest BCUT2D eigenvalue weighted by molar-refractivity contribution is 7.93. The van der Waals surface area contributed by atoms with E-state index >= 15 is 0 Å².